The fourth-order valence-corrected chi connectivity index (χ4v) is 2.25. The van der Waals surface area contributed by atoms with Crippen LogP contribution in [0.15, 0.2) is 0 Å². The first-order chi connectivity index (χ1) is 7.77. The summed E-state index contributed by atoms with van der Waals surface area (Å²) in [5.41, 5.74) is 0. The first kappa shape index (κ1) is 11.7. The first-order valence-electron chi connectivity index (χ1n) is 6.50. The highest BCUT2D eigenvalue weighted by Gasteiger charge is 2.25. The lowest BCUT2D eigenvalue weighted by Gasteiger charge is -2.27. The SMILES string of the molecule is CN(CCNC(=O)N1CCCCC1)C1CC1. The average molecular weight is 225 g/mol. The molecule has 2 rings (SSSR count). The van der Waals surface area contributed by atoms with Crippen LogP contribution in [0.5, 0.6) is 0 Å². The van der Waals surface area contributed by atoms with Crippen LogP contribution in [-0.4, -0.2) is 55.1 Å². The van der Waals surface area contributed by atoms with E-state index in [1.807, 2.05) is 4.90 Å². The van der Waals surface area contributed by atoms with E-state index >= 15 is 0 Å². The largest absolute Gasteiger partial charge is 0.337 e. The summed E-state index contributed by atoms with van der Waals surface area (Å²) in [7, 11) is 2.14. The minimum atomic E-state index is 0.129. The number of urea groups is 1. The number of hydrogen-bond acceptors (Lipinski definition) is 2. The molecule has 2 aliphatic rings. The molecule has 1 aliphatic heterocycles. The van der Waals surface area contributed by atoms with Gasteiger partial charge < -0.3 is 15.1 Å². The van der Waals surface area contributed by atoms with Crippen LogP contribution in [0, 0.1) is 0 Å². The van der Waals surface area contributed by atoms with Gasteiger partial charge >= 0.3 is 6.03 Å². The third-order valence-corrected chi connectivity index (χ3v) is 3.55. The molecule has 0 aromatic carbocycles. The number of carbonyl (C=O) groups excluding carboxylic acids is 1. The van der Waals surface area contributed by atoms with Gasteiger partial charge in [-0.3, -0.25) is 0 Å². The summed E-state index contributed by atoms with van der Waals surface area (Å²) in [6.07, 6.45) is 6.26. The van der Waals surface area contributed by atoms with Crippen molar-refractivity contribution in [3.63, 3.8) is 0 Å². The number of rotatable bonds is 4. The third kappa shape index (κ3) is 3.37. The lowest BCUT2D eigenvalue weighted by atomic mass is 10.1. The van der Waals surface area contributed by atoms with E-state index in [0.29, 0.717) is 0 Å². The summed E-state index contributed by atoms with van der Waals surface area (Å²) in [5, 5.41) is 3.01. The van der Waals surface area contributed by atoms with E-state index in [0.717, 1.165) is 45.1 Å². The van der Waals surface area contributed by atoms with Crippen molar-refractivity contribution in [1.82, 2.24) is 15.1 Å². The first-order valence-corrected chi connectivity index (χ1v) is 6.50. The quantitative estimate of drug-likeness (QED) is 0.782. The van der Waals surface area contributed by atoms with Crippen molar-refractivity contribution in [3.05, 3.63) is 0 Å². The molecule has 0 radical (unpaired) electrons. The Bertz CT molecular complexity index is 234. The Morgan fingerprint density at radius 1 is 1.31 bits per heavy atom. The average Bonchev–Trinajstić information content (AvgIpc) is 3.14. The van der Waals surface area contributed by atoms with Crippen molar-refractivity contribution >= 4 is 6.03 Å². The molecule has 1 N–H and O–H groups in total. The van der Waals surface area contributed by atoms with E-state index in [4.69, 9.17) is 0 Å². The second-order valence-electron chi connectivity index (χ2n) is 4.99. The number of hydrogen-bond donors (Lipinski definition) is 1. The van der Waals surface area contributed by atoms with E-state index in [9.17, 15) is 4.79 Å². The fraction of sp³-hybridized carbons (Fsp3) is 0.917. The van der Waals surface area contributed by atoms with Crippen LogP contribution >= 0.6 is 0 Å². The Labute approximate surface area is 98.0 Å². The molecule has 1 heterocycles. The number of carbonyl (C=O) groups is 1. The fourth-order valence-electron chi connectivity index (χ4n) is 2.25. The maximum Gasteiger partial charge on any atom is 0.317 e. The van der Waals surface area contributed by atoms with Crippen molar-refractivity contribution < 1.29 is 4.79 Å². The smallest absolute Gasteiger partial charge is 0.317 e. The van der Waals surface area contributed by atoms with Crippen LogP contribution in [0.25, 0.3) is 0 Å². The van der Waals surface area contributed by atoms with Gasteiger partial charge in [-0.2, -0.15) is 0 Å². The van der Waals surface area contributed by atoms with E-state index in [1.165, 1.54) is 19.3 Å². The molecule has 0 atom stereocenters. The minimum absolute atomic E-state index is 0.129. The summed E-state index contributed by atoms with van der Waals surface area (Å²) in [4.78, 5) is 16.1. The Hall–Kier alpha value is -0.770. The number of likely N-dealkylation sites (N-methyl/N-ethyl adjacent to an activating group) is 1. The van der Waals surface area contributed by atoms with Gasteiger partial charge in [0.1, 0.15) is 0 Å². The summed E-state index contributed by atoms with van der Waals surface area (Å²) in [6.45, 7) is 3.63. The van der Waals surface area contributed by atoms with E-state index in [1.54, 1.807) is 0 Å². The lowest BCUT2D eigenvalue weighted by Crippen LogP contribution is -2.44. The Morgan fingerprint density at radius 3 is 2.62 bits per heavy atom. The van der Waals surface area contributed by atoms with Crippen molar-refractivity contribution in [2.75, 3.05) is 33.2 Å². The molecule has 0 bridgehead atoms. The molecule has 2 amide bonds. The molecule has 2 fully saturated rings. The summed E-state index contributed by atoms with van der Waals surface area (Å²) in [5.74, 6) is 0. The highest BCUT2D eigenvalue weighted by molar-refractivity contribution is 5.74. The van der Waals surface area contributed by atoms with Gasteiger partial charge in [0.05, 0.1) is 0 Å². The standard InChI is InChI=1S/C12H23N3O/c1-14(11-5-6-11)10-7-13-12(16)15-8-3-2-4-9-15/h11H,2-10H2,1H3,(H,13,16). The number of nitrogens with zero attached hydrogens (tertiary/aromatic N) is 2. The second-order valence-corrected chi connectivity index (χ2v) is 4.99. The van der Waals surface area contributed by atoms with Gasteiger partial charge in [0.2, 0.25) is 0 Å². The molecule has 1 saturated carbocycles. The molecule has 4 heteroatoms. The minimum Gasteiger partial charge on any atom is -0.337 e. The van der Waals surface area contributed by atoms with Crippen molar-refractivity contribution in [3.8, 4) is 0 Å². The predicted molar refractivity (Wildman–Crippen MR) is 64.5 cm³/mol. The molecule has 0 unspecified atom stereocenters. The van der Waals surface area contributed by atoms with Gasteiger partial charge in [0, 0.05) is 32.2 Å². The third-order valence-electron chi connectivity index (χ3n) is 3.55. The van der Waals surface area contributed by atoms with E-state index in [2.05, 4.69) is 17.3 Å². The molecule has 4 nitrogen and oxygen atoms in total. The zero-order valence-corrected chi connectivity index (χ0v) is 10.2. The van der Waals surface area contributed by atoms with Gasteiger partial charge in [-0.1, -0.05) is 0 Å². The maximum atomic E-state index is 11.8. The molecule has 16 heavy (non-hydrogen) atoms. The van der Waals surface area contributed by atoms with E-state index in [-0.39, 0.29) is 6.03 Å². The number of amides is 2. The summed E-state index contributed by atoms with van der Waals surface area (Å²) >= 11 is 0. The van der Waals surface area contributed by atoms with Crippen LogP contribution in [0.2, 0.25) is 0 Å². The monoisotopic (exact) mass is 225 g/mol. The van der Waals surface area contributed by atoms with Gasteiger partial charge in [-0.25, -0.2) is 4.79 Å². The van der Waals surface area contributed by atoms with Crippen LogP contribution in [-0.2, 0) is 0 Å². The molecule has 1 saturated heterocycles. The zero-order valence-electron chi connectivity index (χ0n) is 10.2. The Balaban J connectivity index is 1.59. The van der Waals surface area contributed by atoms with Crippen LogP contribution in [0.4, 0.5) is 4.79 Å². The van der Waals surface area contributed by atoms with Crippen molar-refractivity contribution in [1.29, 1.82) is 0 Å². The van der Waals surface area contributed by atoms with Crippen molar-refractivity contribution in [2.45, 2.75) is 38.1 Å². The van der Waals surface area contributed by atoms with Gasteiger partial charge in [0.15, 0.2) is 0 Å². The van der Waals surface area contributed by atoms with Crippen LogP contribution < -0.4 is 5.32 Å². The topological polar surface area (TPSA) is 35.6 Å². The normalized spacial score (nSPS) is 21.2. The molecule has 92 valence electrons. The predicted octanol–water partition coefficient (Wildman–Crippen LogP) is 1.28. The molecule has 1 aliphatic carbocycles. The second kappa shape index (κ2) is 5.53. The molecule has 0 spiro atoms. The van der Waals surface area contributed by atoms with Gasteiger partial charge in [-0.05, 0) is 39.2 Å². The maximum absolute atomic E-state index is 11.8. The van der Waals surface area contributed by atoms with Gasteiger partial charge in [0.25, 0.3) is 0 Å². The Kier molecular flexibility index (Phi) is 4.04. The van der Waals surface area contributed by atoms with Crippen molar-refractivity contribution in [2.24, 2.45) is 0 Å². The number of nitrogens with one attached hydrogen (secondary N) is 1. The lowest BCUT2D eigenvalue weighted by molar-refractivity contribution is 0.184. The highest BCUT2D eigenvalue weighted by atomic mass is 16.2. The molecule has 0 aromatic heterocycles. The van der Waals surface area contributed by atoms with E-state index < -0.39 is 0 Å². The Morgan fingerprint density at radius 2 is 2.00 bits per heavy atom. The number of piperidine rings is 1. The van der Waals surface area contributed by atoms with Gasteiger partial charge in [-0.15, -0.1) is 0 Å². The highest BCUT2D eigenvalue weighted by Crippen LogP contribution is 2.24. The molecule has 0 aromatic rings. The van der Waals surface area contributed by atoms with Crippen LogP contribution in [0.3, 0.4) is 0 Å². The molecular formula is C12H23N3O. The molecular weight excluding hydrogens is 202 g/mol. The van der Waals surface area contributed by atoms with Crippen LogP contribution in [0.1, 0.15) is 32.1 Å². The summed E-state index contributed by atoms with van der Waals surface area (Å²) in [6, 6.07) is 0.913. The zero-order chi connectivity index (χ0) is 11.4. The number of likely N-dealkylation sites (tertiary alicyclic amines) is 1. The summed E-state index contributed by atoms with van der Waals surface area (Å²) < 4.78 is 0.